The van der Waals surface area contributed by atoms with E-state index < -0.39 is 0 Å². The highest BCUT2D eigenvalue weighted by atomic mass is 35.5. The Hall–Kier alpha value is -1.75. The molecule has 0 aliphatic carbocycles. The Labute approximate surface area is 129 Å². The van der Waals surface area contributed by atoms with E-state index in [1.54, 1.807) is 7.11 Å². The van der Waals surface area contributed by atoms with E-state index in [0.717, 1.165) is 16.8 Å². The summed E-state index contributed by atoms with van der Waals surface area (Å²) in [6.45, 7) is 4.98. The lowest BCUT2D eigenvalue weighted by atomic mass is 10.2. The number of nitrogens with one attached hydrogen (secondary N) is 1. The van der Waals surface area contributed by atoms with E-state index in [9.17, 15) is 4.79 Å². The van der Waals surface area contributed by atoms with Crippen molar-refractivity contribution in [3.05, 3.63) is 24.0 Å². The average molecular weight is 310 g/mol. The maximum absolute atomic E-state index is 12.0. The van der Waals surface area contributed by atoms with Gasteiger partial charge in [0.25, 0.3) is 0 Å². The summed E-state index contributed by atoms with van der Waals surface area (Å²) in [4.78, 5) is 16.5. The van der Waals surface area contributed by atoms with Crippen molar-refractivity contribution in [3.63, 3.8) is 0 Å². The molecule has 1 heterocycles. The van der Waals surface area contributed by atoms with Crippen LogP contribution in [0.3, 0.4) is 0 Å². The van der Waals surface area contributed by atoms with E-state index >= 15 is 0 Å². The fourth-order valence-electron chi connectivity index (χ4n) is 2.08. The van der Waals surface area contributed by atoms with Crippen LogP contribution in [0.4, 0.5) is 0 Å². The van der Waals surface area contributed by atoms with Gasteiger partial charge in [0.2, 0.25) is 5.91 Å². The number of carbonyl (C=O) groups is 1. The van der Waals surface area contributed by atoms with Crippen molar-refractivity contribution >= 4 is 28.5 Å². The Bertz CT molecular complexity index is 637. The molecule has 1 N–H and O–H groups in total. The molecule has 114 valence electrons. The first-order valence-electron chi connectivity index (χ1n) is 6.91. The molecule has 0 atom stereocenters. The van der Waals surface area contributed by atoms with Gasteiger partial charge in [-0.25, -0.2) is 4.98 Å². The standard InChI is InChI=1S/C15H20ClN3O2/c1-10(2)8-17-15(20)9-19-13-6-11(21-3)4-5-12(13)18-14(19)7-16/h4-6,10H,7-9H2,1-3H3,(H,17,20). The van der Waals surface area contributed by atoms with Gasteiger partial charge in [-0.1, -0.05) is 13.8 Å². The summed E-state index contributed by atoms with van der Waals surface area (Å²) in [7, 11) is 1.61. The topological polar surface area (TPSA) is 56.2 Å². The minimum absolute atomic E-state index is 0.0443. The monoisotopic (exact) mass is 309 g/mol. The van der Waals surface area contributed by atoms with Crippen LogP contribution in [-0.2, 0) is 17.2 Å². The number of fused-ring (bicyclic) bond motifs is 1. The number of imidazole rings is 1. The van der Waals surface area contributed by atoms with Crippen molar-refractivity contribution < 1.29 is 9.53 Å². The van der Waals surface area contributed by atoms with Crippen molar-refractivity contribution in [2.24, 2.45) is 5.92 Å². The zero-order valence-electron chi connectivity index (χ0n) is 12.5. The second kappa shape index (κ2) is 6.80. The van der Waals surface area contributed by atoms with E-state index in [0.29, 0.717) is 18.3 Å². The van der Waals surface area contributed by atoms with E-state index in [4.69, 9.17) is 16.3 Å². The minimum Gasteiger partial charge on any atom is -0.497 e. The lowest BCUT2D eigenvalue weighted by Crippen LogP contribution is -2.31. The Balaban J connectivity index is 2.29. The summed E-state index contributed by atoms with van der Waals surface area (Å²) in [6.07, 6.45) is 0. The second-order valence-corrected chi connectivity index (χ2v) is 5.57. The Morgan fingerprint density at radius 2 is 2.24 bits per heavy atom. The summed E-state index contributed by atoms with van der Waals surface area (Å²) < 4.78 is 7.06. The van der Waals surface area contributed by atoms with Gasteiger partial charge >= 0.3 is 0 Å². The minimum atomic E-state index is -0.0443. The first kappa shape index (κ1) is 15.6. The predicted octanol–water partition coefficient (Wildman–Crippen LogP) is 2.56. The number of nitrogens with zero attached hydrogens (tertiary/aromatic N) is 2. The lowest BCUT2D eigenvalue weighted by molar-refractivity contribution is -0.121. The number of carbonyl (C=O) groups excluding carboxylic acids is 1. The van der Waals surface area contributed by atoms with E-state index in [-0.39, 0.29) is 18.3 Å². The maximum atomic E-state index is 12.0. The number of amides is 1. The molecule has 0 aliphatic heterocycles. The highest BCUT2D eigenvalue weighted by Gasteiger charge is 2.14. The van der Waals surface area contributed by atoms with E-state index in [1.807, 2.05) is 22.8 Å². The fraction of sp³-hybridized carbons (Fsp3) is 0.467. The largest absolute Gasteiger partial charge is 0.497 e. The first-order chi connectivity index (χ1) is 10.0. The Morgan fingerprint density at radius 1 is 1.48 bits per heavy atom. The van der Waals surface area contributed by atoms with Gasteiger partial charge in [-0.2, -0.15) is 0 Å². The summed E-state index contributed by atoms with van der Waals surface area (Å²) in [5.74, 6) is 2.04. The number of hydrogen-bond acceptors (Lipinski definition) is 3. The number of methoxy groups -OCH3 is 1. The molecule has 0 spiro atoms. The van der Waals surface area contributed by atoms with Gasteiger partial charge in [0.15, 0.2) is 0 Å². The van der Waals surface area contributed by atoms with Crippen molar-refractivity contribution in [3.8, 4) is 5.75 Å². The summed E-state index contributed by atoms with van der Waals surface area (Å²) >= 11 is 5.94. The van der Waals surface area contributed by atoms with Gasteiger partial charge in [0.05, 0.1) is 24.0 Å². The Morgan fingerprint density at radius 3 is 2.86 bits per heavy atom. The molecule has 0 unspecified atom stereocenters. The molecule has 21 heavy (non-hydrogen) atoms. The van der Waals surface area contributed by atoms with Crippen molar-refractivity contribution in [2.45, 2.75) is 26.3 Å². The third-order valence-corrected chi connectivity index (χ3v) is 3.40. The molecular formula is C15H20ClN3O2. The van der Waals surface area contributed by atoms with Gasteiger partial charge < -0.3 is 14.6 Å². The molecule has 1 aromatic carbocycles. The van der Waals surface area contributed by atoms with Gasteiger partial charge in [0.1, 0.15) is 18.1 Å². The van der Waals surface area contributed by atoms with Crippen LogP contribution < -0.4 is 10.1 Å². The van der Waals surface area contributed by atoms with Gasteiger partial charge in [-0.3, -0.25) is 4.79 Å². The zero-order chi connectivity index (χ0) is 15.4. The van der Waals surface area contributed by atoms with Crippen LogP contribution in [0, 0.1) is 5.92 Å². The molecule has 0 radical (unpaired) electrons. The van der Waals surface area contributed by atoms with Crippen LogP contribution in [-0.4, -0.2) is 29.1 Å². The maximum Gasteiger partial charge on any atom is 0.240 e. The van der Waals surface area contributed by atoms with E-state index in [2.05, 4.69) is 24.1 Å². The van der Waals surface area contributed by atoms with Crippen LogP contribution in [0.1, 0.15) is 19.7 Å². The van der Waals surface area contributed by atoms with Crippen LogP contribution in [0.15, 0.2) is 18.2 Å². The van der Waals surface area contributed by atoms with Crippen molar-refractivity contribution in [1.29, 1.82) is 0 Å². The third kappa shape index (κ3) is 3.67. The van der Waals surface area contributed by atoms with E-state index in [1.165, 1.54) is 0 Å². The molecule has 2 rings (SSSR count). The SMILES string of the molecule is COc1ccc2nc(CCl)n(CC(=O)NCC(C)C)c2c1. The molecule has 0 bridgehead atoms. The second-order valence-electron chi connectivity index (χ2n) is 5.30. The molecule has 6 heteroatoms. The third-order valence-electron chi connectivity index (χ3n) is 3.16. The lowest BCUT2D eigenvalue weighted by Gasteiger charge is -2.10. The van der Waals surface area contributed by atoms with Crippen LogP contribution in [0.2, 0.25) is 0 Å². The number of hydrogen-bond donors (Lipinski definition) is 1. The van der Waals surface area contributed by atoms with Crippen molar-refractivity contribution in [1.82, 2.24) is 14.9 Å². The quantitative estimate of drug-likeness (QED) is 0.834. The van der Waals surface area contributed by atoms with Crippen LogP contribution in [0.25, 0.3) is 11.0 Å². The van der Waals surface area contributed by atoms with Crippen molar-refractivity contribution in [2.75, 3.05) is 13.7 Å². The predicted molar refractivity (Wildman–Crippen MR) is 83.7 cm³/mol. The average Bonchev–Trinajstić information content (AvgIpc) is 2.82. The number of benzene rings is 1. The number of alkyl halides is 1. The smallest absolute Gasteiger partial charge is 0.240 e. The molecule has 0 saturated heterocycles. The molecule has 1 amide bonds. The van der Waals surface area contributed by atoms with Crippen LogP contribution in [0.5, 0.6) is 5.75 Å². The number of halogens is 1. The van der Waals surface area contributed by atoms with Crippen LogP contribution >= 0.6 is 11.6 Å². The fourth-order valence-corrected chi connectivity index (χ4v) is 2.28. The number of aromatic nitrogens is 2. The zero-order valence-corrected chi connectivity index (χ0v) is 13.3. The van der Waals surface area contributed by atoms with Gasteiger partial charge in [-0.15, -0.1) is 11.6 Å². The molecule has 0 aliphatic rings. The molecule has 0 saturated carbocycles. The van der Waals surface area contributed by atoms with Gasteiger partial charge in [0, 0.05) is 12.6 Å². The molecule has 5 nitrogen and oxygen atoms in total. The highest BCUT2D eigenvalue weighted by molar-refractivity contribution is 6.16. The molecule has 0 fully saturated rings. The normalized spacial score (nSPS) is 11.1. The molecule has 1 aromatic heterocycles. The first-order valence-corrected chi connectivity index (χ1v) is 7.44. The highest BCUT2D eigenvalue weighted by Crippen LogP contribution is 2.22. The number of ether oxygens (including phenoxy) is 1. The van der Waals surface area contributed by atoms with Gasteiger partial charge in [-0.05, 0) is 18.1 Å². The summed E-state index contributed by atoms with van der Waals surface area (Å²) in [6, 6.07) is 5.58. The summed E-state index contributed by atoms with van der Waals surface area (Å²) in [5.41, 5.74) is 1.66. The molecule has 2 aromatic rings. The summed E-state index contributed by atoms with van der Waals surface area (Å²) in [5, 5.41) is 2.90. The molecular weight excluding hydrogens is 290 g/mol. The Kier molecular flexibility index (Phi) is 5.07. The number of rotatable bonds is 6.